The van der Waals surface area contributed by atoms with E-state index in [9.17, 15) is 13.6 Å². The molecule has 13 heavy (non-hydrogen) atoms. The van der Waals surface area contributed by atoms with Crippen LogP contribution < -0.4 is 0 Å². The Bertz CT molecular complexity index is 158. The molecule has 4 heteroatoms. The lowest BCUT2D eigenvalue weighted by molar-refractivity contribution is -0.145. The monoisotopic (exact) mass is 194 g/mol. The molecule has 0 saturated carbocycles. The van der Waals surface area contributed by atoms with Crippen molar-refractivity contribution in [3.8, 4) is 0 Å². The SMILES string of the molecule is CCCC(F)(F)CCC(=O)OCC. The highest BCUT2D eigenvalue weighted by molar-refractivity contribution is 5.69. The van der Waals surface area contributed by atoms with Crippen LogP contribution in [0, 0.1) is 0 Å². The molecule has 0 aromatic heterocycles. The van der Waals surface area contributed by atoms with Gasteiger partial charge in [-0.3, -0.25) is 4.79 Å². The van der Waals surface area contributed by atoms with Crippen LogP contribution in [0.15, 0.2) is 0 Å². The quantitative estimate of drug-likeness (QED) is 0.608. The van der Waals surface area contributed by atoms with Crippen LogP contribution in [0.2, 0.25) is 0 Å². The van der Waals surface area contributed by atoms with E-state index >= 15 is 0 Å². The van der Waals surface area contributed by atoms with Gasteiger partial charge in [0.25, 0.3) is 0 Å². The van der Waals surface area contributed by atoms with Gasteiger partial charge in [0.1, 0.15) is 0 Å². The third-order valence-corrected chi connectivity index (χ3v) is 1.62. The number of esters is 1. The number of carbonyl (C=O) groups excluding carboxylic acids is 1. The number of alkyl halides is 2. The van der Waals surface area contributed by atoms with Gasteiger partial charge >= 0.3 is 5.97 Å². The van der Waals surface area contributed by atoms with Crippen molar-refractivity contribution in [2.45, 2.75) is 45.5 Å². The third kappa shape index (κ3) is 6.49. The van der Waals surface area contributed by atoms with Crippen LogP contribution in [0.4, 0.5) is 8.78 Å². The molecule has 0 N–H and O–H groups in total. The number of rotatable bonds is 6. The van der Waals surface area contributed by atoms with Crippen LogP contribution in [0.1, 0.15) is 39.5 Å². The summed E-state index contributed by atoms with van der Waals surface area (Å²) in [6, 6.07) is 0. The lowest BCUT2D eigenvalue weighted by Gasteiger charge is -2.14. The molecule has 0 bridgehead atoms. The van der Waals surface area contributed by atoms with Crippen LogP contribution in [0.3, 0.4) is 0 Å². The van der Waals surface area contributed by atoms with Gasteiger partial charge in [-0.15, -0.1) is 0 Å². The van der Waals surface area contributed by atoms with E-state index in [1.807, 2.05) is 0 Å². The Morgan fingerprint density at radius 3 is 2.38 bits per heavy atom. The smallest absolute Gasteiger partial charge is 0.305 e. The zero-order valence-electron chi connectivity index (χ0n) is 8.11. The number of hydrogen-bond donors (Lipinski definition) is 0. The summed E-state index contributed by atoms with van der Waals surface area (Å²) < 4.78 is 30.2. The normalized spacial score (nSPS) is 11.4. The van der Waals surface area contributed by atoms with E-state index < -0.39 is 18.3 Å². The van der Waals surface area contributed by atoms with Gasteiger partial charge in [-0.1, -0.05) is 13.3 Å². The Labute approximate surface area is 77.3 Å². The van der Waals surface area contributed by atoms with Crippen LogP contribution in [0.25, 0.3) is 0 Å². The van der Waals surface area contributed by atoms with Gasteiger partial charge in [0.05, 0.1) is 13.0 Å². The minimum absolute atomic E-state index is 0.160. The predicted molar refractivity (Wildman–Crippen MR) is 45.7 cm³/mol. The summed E-state index contributed by atoms with van der Waals surface area (Å²) in [5, 5.41) is 0. The van der Waals surface area contributed by atoms with Crippen molar-refractivity contribution in [1.82, 2.24) is 0 Å². The molecule has 0 radical (unpaired) electrons. The Morgan fingerprint density at radius 1 is 1.31 bits per heavy atom. The molecule has 0 saturated heterocycles. The van der Waals surface area contributed by atoms with Crippen molar-refractivity contribution < 1.29 is 18.3 Å². The van der Waals surface area contributed by atoms with Crippen LogP contribution in [-0.2, 0) is 9.53 Å². The van der Waals surface area contributed by atoms with Gasteiger partial charge in [0.15, 0.2) is 0 Å². The predicted octanol–water partition coefficient (Wildman–Crippen LogP) is 2.77. The average molecular weight is 194 g/mol. The number of ether oxygens (including phenoxy) is 1. The molecule has 0 aliphatic heterocycles. The van der Waals surface area contributed by atoms with Gasteiger partial charge in [-0.25, -0.2) is 8.78 Å². The van der Waals surface area contributed by atoms with Crippen molar-refractivity contribution in [3.63, 3.8) is 0 Å². The first kappa shape index (κ1) is 12.3. The maximum Gasteiger partial charge on any atom is 0.305 e. The molecule has 0 aromatic carbocycles. The molecular formula is C9H16F2O2. The standard InChI is InChI=1S/C9H16F2O2/c1-3-6-9(10,11)7-5-8(12)13-4-2/h3-7H2,1-2H3. The molecule has 0 heterocycles. The molecule has 0 aromatic rings. The van der Waals surface area contributed by atoms with E-state index in [1.54, 1.807) is 13.8 Å². The summed E-state index contributed by atoms with van der Waals surface area (Å²) in [6.45, 7) is 3.60. The van der Waals surface area contributed by atoms with E-state index in [0.29, 0.717) is 6.42 Å². The van der Waals surface area contributed by atoms with Crippen LogP contribution in [0.5, 0.6) is 0 Å². The number of halogens is 2. The fraction of sp³-hybridized carbons (Fsp3) is 0.889. The second-order valence-corrected chi connectivity index (χ2v) is 2.91. The molecule has 0 spiro atoms. The lowest BCUT2D eigenvalue weighted by Crippen LogP contribution is -2.18. The Balaban J connectivity index is 3.67. The lowest BCUT2D eigenvalue weighted by atomic mass is 10.1. The summed E-state index contributed by atoms with van der Waals surface area (Å²) in [5.41, 5.74) is 0. The summed E-state index contributed by atoms with van der Waals surface area (Å²) in [7, 11) is 0. The maximum atomic E-state index is 12.8. The van der Waals surface area contributed by atoms with Crippen molar-refractivity contribution in [1.29, 1.82) is 0 Å². The molecule has 0 unspecified atom stereocenters. The fourth-order valence-electron chi connectivity index (χ4n) is 1.01. The molecule has 0 atom stereocenters. The highest BCUT2D eigenvalue weighted by atomic mass is 19.3. The zero-order chi connectivity index (χ0) is 10.3. The molecule has 0 aliphatic rings. The van der Waals surface area contributed by atoms with E-state index in [0.717, 1.165) is 0 Å². The van der Waals surface area contributed by atoms with Gasteiger partial charge < -0.3 is 4.74 Å². The molecule has 0 aliphatic carbocycles. The first-order valence-corrected chi connectivity index (χ1v) is 4.55. The van der Waals surface area contributed by atoms with Crippen molar-refractivity contribution in [2.24, 2.45) is 0 Å². The second-order valence-electron chi connectivity index (χ2n) is 2.91. The summed E-state index contributed by atoms with van der Waals surface area (Å²) in [6.07, 6.45) is -0.331. The molecule has 0 rings (SSSR count). The van der Waals surface area contributed by atoms with E-state index in [2.05, 4.69) is 4.74 Å². The second kappa shape index (κ2) is 5.89. The zero-order valence-corrected chi connectivity index (χ0v) is 8.11. The van der Waals surface area contributed by atoms with Gasteiger partial charge in [-0.2, -0.15) is 0 Å². The minimum Gasteiger partial charge on any atom is -0.466 e. The van der Waals surface area contributed by atoms with Crippen LogP contribution in [-0.4, -0.2) is 18.5 Å². The van der Waals surface area contributed by atoms with Gasteiger partial charge in [-0.05, 0) is 6.92 Å². The van der Waals surface area contributed by atoms with E-state index in [1.165, 1.54) is 0 Å². The highest BCUT2D eigenvalue weighted by Gasteiger charge is 2.28. The van der Waals surface area contributed by atoms with Gasteiger partial charge in [0.2, 0.25) is 5.92 Å². The topological polar surface area (TPSA) is 26.3 Å². The Kier molecular flexibility index (Phi) is 5.58. The molecule has 0 amide bonds. The summed E-state index contributed by atoms with van der Waals surface area (Å²) >= 11 is 0. The Hall–Kier alpha value is -0.670. The third-order valence-electron chi connectivity index (χ3n) is 1.62. The number of hydrogen-bond acceptors (Lipinski definition) is 2. The van der Waals surface area contributed by atoms with Crippen molar-refractivity contribution >= 4 is 5.97 Å². The first-order chi connectivity index (χ1) is 6.02. The summed E-state index contributed by atoms with van der Waals surface area (Å²) in [5.74, 6) is -3.26. The van der Waals surface area contributed by atoms with Gasteiger partial charge in [0, 0.05) is 12.8 Å². The van der Waals surface area contributed by atoms with E-state index in [-0.39, 0.29) is 19.4 Å². The molecule has 0 fully saturated rings. The fourth-order valence-corrected chi connectivity index (χ4v) is 1.01. The highest BCUT2D eigenvalue weighted by Crippen LogP contribution is 2.25. The molecule has 2 nitrogen and oxygen atoms in total. The maximum absolute atomic E-state index is 12.8. The minimum atomic E-state index is -2.72. The average Bonchev–Trinajstić information content (AvgIpc) is 2.02. The van der Waals surface area contributed by atoms with Crippen molar-refractivity contribution in [3.05, 3.63) is 0 Å². The molecule has 78 valence electrons. The molecular weight excluding hydrogens is 178 g/mol. The largest absolute Gasteiger partial charge is 0.466 e. The number of carbonyl (C=O) groups is 1. The summed E-state index contributed by atoms with van der Waals surface area (Å²) in [4.78, 5) is 10.7. The van der Waals surface area contributed by atoms with Crippen LogP contribution >= 0.6 is 0 Å². The van der Waals surface area contributed by atoms with Crippen molar-refractivity contribution in [2.75, 3.05) is 6.61 Å². The first-order valence-electron chi connectivity index (χ1n) is 4.55. The van der Waals surface area contributed by atoms with E-state index in [4.69, 9.17) is 0 Å². The Morgan fingerprint density at radius 2 is 1.92 bits per heavy atom.